The van der Waals surface area contributed by atoms with E-state index >= 15 is 0 Å². The Morgan fingerprint density at radius 2 is 2.00 bits per heavy atom. The molecule has 104 valence electrons. The molecule has 1 heterocycles. The summed E-state index contributed by atoms with van der Waals surface area (Å²) < 4.78 is 1.40. The van der Waals surface area contributed by atoms with Gasteiger partial charge in [-0.1, -0.05) is 25.1 Å². The maximum atomic E-state index is 3.72. The van der Waals surface area contributed by atoms with Crippen LogP contribution in [0.25, 0.3) is 10.1 Å². The highest BCUT2D eigenvalue weighted by Gasteiger charge is 2.15. The van der Waals surface area contributed by atoms with Crippen molar-refractivity contribution in [1.82, 2.24) is 5.32 Å². The van der Waals surface area contributed by atoms with Crippen LogP contribution in [-0.4, -0.2) is 17.5 Å². The van der Waals surface area contributed by atoms with Crippen molar-refractivity contribution in [3.63, 3.8) is 0 Å². The first kappa shape index (κ1) is 14.9. The number of aryl methyl sites for hydroxylation is 1. The number of fused-ring (bicyclic) bond motifs is 1. The van der Waals surface area contributed by atoms with E-state index in [0.29, 0.717) is 12.1 Å². The van der Waals surface area contributed by atoms with E-state index in [4.69, 9.17) is 0 Å². The van der Waals surface area contributed by atoms with Crippen LogP contribution in [0.15, 0.2) is 24.3 Å². The Kier molecular flexibility index (Phi) is 5.31. The SMILES string of the molecule is CCSCC(C)NC(C)c1sc2ccccc2c1C. The quantitative estimate of drug-likeness (QED) is 0.804. The number of rotatable bonds is 6. The normalized spacial score (nSPS) is 14.7. The van der Waals surface area contributed by atoms with Gasteiger partial charge in [-0.2, -0.15) is 11.8 Å². The molecule has 2 unspecified atom stereocenters. The number of hydrogen-bond acceptors (Lipinski definition) is 3. The first-order valence-electron chi connectivity index (χ1n) is 6.95. The predicted molar refractivity (Wildman–Crippen MR) is 90.6 cm³/mol. The molecule has 0 bridgehead atoms. The van der Waals surface area contributed by atoms with Crippen molar-refractivity contribution in [3.8, 4) is 0 Å². The molecule has 2 rings (SSSR count). The van der Waals surface area contributed by atoms with Crippen molar-refractivity contribution >= 4 is 33.2 Å². The van der Waals surface area contributed by atoms with Gasteiger partial charge in [0.15, 0.2) is 0 Å². The Labute approximate surface area is 124 Å². The van der Waals surface area contributed by atoms with Crippen molar-refractivity contribution < 1.29 is 0 Å². The molecule has 1 N–H and O–H groups in total. The van der Waals surface area contributed by atoms with Gasteiger partial charge in [-0.25, -0.2) is 0 Å². The fourth-order valence-corrected chi connectivity index (χ4v) is 4.36. The molecule has 0 saturated carbocycles. The zero-order valence-electron chi connectivity index (χ0n) is 12.2. The Bertz CT molecular complexity index is 533. The Morgan fingerprint density at radius 1 is 1.26 bits per heavy atom. The van der Waals surface area contributed by atoms with Crippen LogP contribution in [0.3, 0.4) is 0 Å². The molecule has 2 aromatic rings. The average Bonchev–Trinajstić information content (AvgIpc) is 2.74. The second-order valence-corrected chi connectivity index (χ2v) is 7.44. The van der Waals surface area contributed by atoms with E-state index in [1.807, 2.05) is 23.1 Å². The first-order valence-corrected chi connectivity index (χ1v) is 8.92. The molecule has 0 fully saturated rings. The van der Waals surface area contributed by atoms with Crippen LogP contribution >= 0.6 is 23.1 Å². The van der Waals surface area contributed by atoms with Gasteiger partial charge < -0.3 is 5.32 Å². The van der Waals surface area contributed by atoms with E-state index in [2.05, 4.69) is 57.3 Å². The van der Waals surface area contributed by atoms with Gasteiger partial charge in [0.2, 0.25) is 0 Å². The molecular formula is C16H23NS2. The van der Waals surface area contributed by atoms with Crippen molar-refractivity contribution in [1.29, 1.82) is 0 Å². The van der Waals surface area contributed by atoms with Crippen LogP contribution in [-0.2, 0) is 0 Å². The highest BCUT2D eigenvalue weighted by Crippen LogP contribution is 2.34. The van der Waals surface area contributed by atoms with Gasteiger partial charge >= 0.3 is 0 Å². The van der Waals surface area contributed by atoms with E-state index in [1.165, 1.54) is 32.0 Å². The zero-order chi connectivity index (χ0) is 13.8. The molecule has 19 heavy (non-hydrogen) atoms. The summed E-state index contributed by atoms with van der Waals surface area (Å²) in [7, 11) is 0. The Morgan fingerprint density at radius 3 is 2.68 bits per heavy atom. The van der Waals surface area contributed by atoms with E-state index < -0.39 is 0 Å². The molecule has 0 spiro atoms. The second-order valence-electron chi connectivity index (χ2n) is 5.04. The summed E-state index contributed by atoms with van der Waals surface area (Å²) in [6.45, 7) is 9.03. The first-order chi connectivity index (χ1) is 9.13. The predicted octanol–water partition coefficient (Wildman–Crippen LogP) is 5.00. The van der Waals surface area contributed by atoms with Crippen molar-refractivity contribution in [2.45, 2.75) is 39.8 Å². The summed E-state index contributed by atoms with van der Waals surface area (Å²) in [5.41, 5.74) is 1.44. The van der Waals surface area contributed by atoms with Gasteiger partial charge in [0.1, 0.15) is 0 Å². The van der Waals surface area contributed by atoms with Gasteiger partial charge in [0.05, 0.1) is 0 Å². The molecule has 1 nitrogen and oxygen atoms in total. The van der Waals surface area contributed by atoms with Crippen LogP contribution in [0.4, 0.5) is 0 Å². The number of nitrogens with one attached hydrogen (secondary N) is 1. The molecule has 0 saturated heterocycles. The van der Waals surface area contributed by atoms with Crippen molar-refractivity contribution in [2.75, 3.05) is 11.5 Å². The number of thioether (sulfide) groups is 1. The number of hydrogen-bond donors (Lipinski definition) is 1. The minimum Gasteiger partial charge on any atom is -0.306 e. The molecule has 0 amide bonds. The maximum absolute atomic E-state index is 3.72. The standard InChI is InChI=1S/C16H23NS2/c1-5-18-10-11(2)17-13(4)16-12(3)14-8-6-7-9-15(14)19-16/h6-9,11,13,17H,5,10H2,1-4H3. The van der Waals surface area contributed by atoms with Gasteiger partial charge in [-0.15, -0.1) is 11.3 Å². The molecule has 2 atom stereocenters. The smallest absolute Gasteiger partial charge is 0.0391 e. The van der Waals surface area contributed by atoms with E-state index in [9.17, 15) is 0 Å². The zero-order valence-corrected chi connectivity index (χ0v) is 13.8. The summed E-state index contributed by atoms with van der Waals surface area (Å²) in [6, 6.07) is 9.70. The van der Waals surface area contributed by atoms with Crippen LogP contribution in [0.1, 0.15) is 37.3 Å². The molecular weight excluding hydrogens is 270 g/mol. The summed E-state index contributed by atoms with van der Waals surface area (Å²) in [6.07, 6.45) is 0. The van der Waals surface area contributed by atoms with Crippen LogP contribution in [0.2, 0.25) is 0 Å². The Balaban J connectivity index is 2.12. The minimum absolute atomic E-state index is 0.435. The molecule has 0 radical (unpaired) electrons. The van der Waals surface area contributed by atoms with Gasteiger partial charge in [-0.3, -0.25) is 0 Å². The summed E-state index contributed by atoms with van der Waals surface area (Å²) in [5.74, 6) is 2.38. The summed E-state index contributed by atoms with van der Waals surface area (Å²) in [4.78, 5) is 1.48. The Hall–Kier alpha value is -0.510. The highest BCUT2D eigenvalue weighted by molar-refractivity contribution is 7.99. The molecule has 1 aromatic heterocycles. The van der Waals surface area contributed by atoms with Crippen LogP contribution < -0.4 is 5.32 Å². The molecule has 3 heteroatoms. The average molecular weight is 294 g/mol. The molecule has 0 aliphatic carbocycles. The van der Waals surface area contributed by atoms with E-state index in [-0.39, 0.29) is 0 Å². The van der Waals surface area contributed by atoms with Crippen molar-refractivity contribution in [2.24, 2.45) is 0 Å². The molecule has 0 aliphatic rings. The third-order valence-corrected chi connectivity index (χ3v) is 5.98. The van der Waals surface area contributed by atoms with E-state index in [1.54, 1.807) is 0 Å². The monoisotopic (exact) mass is 293 g/mol. The fourth-order valence-electron chi connectivity index (χ4n) is 2.45. The second kappa shape index (κ2) is 6.78. The van der Waals surface area contributed by atoms with Gasteiger partial charge in [-0.05, 0) is 43.5 Å². The lowest BCUT2D eigenvalue weighted by Gasteiger charge is -2.19. The largest absolute Gasteiger partial charge is 0.306 e. The van der Waals surface area contributed by atoms with Crippen molar-refractivity contribution in [3.05, 3.63) is 34.7 Å². The van der Waals surface area contributed by atoms with Gasteiger partial charge in [0.25, 0.3) is 0 Å². The lowest BCUT2D eigenvalue weighted by Crippen LogP contribution is -2.30. The molecule has 1 aromatic carbocycles. The highest BCUT2D eigenvalue weighted by atomic mass is 32.2. The number of benzene rings is 1. The third kappa shape index (κ3) is 3.53. The number of thiophene rings is 1. The van der Waals surface area contributed by atoms with Crippen LogP contribution in [0, 0.1) is 6.92 Å². The van der Waals surface area contributed by atoms with Crippen LogP contribution in [0.5, 0.6) is 0 Å². The maximum Gasteiger partial charge on any atom is 0.0391 e. The lowest BCUT2D eigenvalue weighted by molar-refractivity contribution is 0.516. The summed E-state index contributed by atoms with van der Waals surface area (Å²) >= 11 is 3.93. The van der Waals surface area contributed by atoms with E-state index in [0.717, 1.165) is 0 Å². The topological polar surface area (TPSA) is 12.0 Å². The third-order valence-electron chi connectivity index (χ3n) is 3.38. The lowest BCUT2D eigenvalue weighted by atomic mass is 10.1. The minimum atomic E-state index is 0.435. The molecule has 0 aliphatic heterocycles. The fraction of sp³-hybridized carbons (Fsp3) is 0.500. The van der Waals surface area contributed by atoms with Gasteiger partial charge in [0, 0.05) is 27.4 Å². The summed E-state index contributed by atoms with van der Waals surface area (Å²) in [5, 5.41) is 5.13.